The smallest absolute Gasteiger partial charge is 0.349 e. The molecule has 5 nitrogen and oxygen atoms in total. The van der Waals surface area contributed by atoms with Crippen LogP contribution in [0.1, 0.15) is 43.8 Å². The van der Waals surface area contributed by atoms with E-state index in [1.807, 2.05) is 0 Å². The first kappa shape index (κ1) is 15.3. The van der Waals surface area contributed by atoms with Crippen molar-refractivity contribution in [2.45, 2.75) is 57.8 Å². The third-order valence-electron chi connectivity index (χ3n) is 4.63. The Labute approximate surface area is 126 Å². The van der Waals surface area contributed by atoms with Gasteiger partial charge in [-0.3, -0.25) is 4.79 Å². The maximum atomic E-state index is 12.9. The minimum Gasteiger partial charge on any atom is -0.349 e. The second-order valence-corrected chi connectivity index (χ2v) is 6.12. The topological polar surface area (TPSA) is 59.8 Å². The number of aryl methyl sites for hydroxylation is 1. The summed E-state index contributed by atoms with van der Waals surface area (Å²) in [6, 6.07) is 0. The molecule has 0 aromatic carbocycles. The number of rotatable bonds is 3. The molecule has 1 fully saturated rings. The van der Waals surface area contributed by atoms with Crippen LogP contribution in [0.25, 0.3) is 0 Å². The number of carbonyl (C=O) groups is 1. The Morgan fingerprint density at radius 1 is 1.23 bits per heavy atom. The minimum atomic E-state index is -4.20. The lowest BCUT2D eigenvalue weighted by Crippen LogP contribution is -2.34. The summed E-state index contributed by atoms with van der Waals surface area (Å²) in [5, 5.41) is 10.7. The van der Waals surface area contributed by atoms with Gasteiger partial charge in [-0.2, -0.15) is 13.2 Å². The Bertz CT molecular complexity index is 549. The van der Waals surface area contributed by atoms with Crippen LogP contribution >= 0.6 is 0 Å². The molecule has 0 spiro atoms. The SMILES string of the molecule is O=C(NCc1nnc2n1CC(C(F)(F)F)CC2)C1CCCC1. The monoisotopic (exact) mass is 316 g/mol. The van der Waals surface area contributed by atoms with Crippen molar-refractivity contribution >= 4 is 5.91 Å². The van der Waals surface area contributed by atoms with Crippen molar-refractivity contribution in [1.82, 2.24) is 20.1 Å². The summed E-state index contributed by atoms with van der Waals surface area (Å²) in [7, 11) is 0. The number of aromatic nitrogens is 3. The third kappa shape index (κ3) is 3.10. The van der Waals surface area contributed by atoms with Gasteiger partial charge < -0.3 is 9.88 Å². The molecular formula is C14H19F3N4O. The molecule has 0 radical (unpaired) electrons. The van der Waals surface area contributed by atoms with Gasteiger partial charge in [-0.1, -0.05) is 12.8 Å². The summed E-state index contributed by atoms with van der Waals surface area (Å²) in [5.41, 5.74) is 0. The molecular weight excluding hydrogens is 297 g/mol. The molecule has 1 unspecified atom stereocenters. The number of nitrogens with one attached hydrogen (secondary N) is 1. The average molecular weight is 316 g/mol. The summed E-state index contributed by atoms with van der Waals surface area (Å²) in [5.74, 6) is -0.370. The van der Waals surface area contributed by atoms with Crippen LogP contribution in [0.2, 0.25) is 0 Å². The zero-order chi connectivity index (χ0) is 15.7. The van der Waals surface area contributed by atoms with Gasteiger partial charge in [0.05, 0.1) is 12.5 Å². The molecule has 2 heterocycles. The number of carbonyl (C=O) groups excluding carboxylic acids is 1. The van der Waals surface area contributed by atoms with Crippen molar-refractivity contribution in [3.05, 3.63) is 11.6 Å². The zero-order valence-corrected chi connectivity index (χ0v) is 12.2. The fraction of sp³-hybridized carbons (Fsp3) is 0.786. The first-order chi connectivity index (χ1) is 10.4. The molecule has 122 valence electrons. The van der Waals surface area contributed by atoms with E-state index in [2.05, 4.69) is 15.5 Å². The highest BCUT2D eigenvalue weighted by molar-refractivity contribution is 5.78. The minimum absolute atomic E-state index is 0.0296. The highest BCUT2D eigenvalue weighted by Crippen LogP contribution is 2.34. The fourth-order valence-corrected chi connectivity index (χ4v) is 3.28. The molecule has 0 saturated heterocycles. The molecule has 1 aliphatic heterocycles. The van der Waals surface area contributed by atoms with Crippen LogP contribution in [0, 0.1) is 11.8 Å². The maximum absolute atomic E-state index is 12.9. The Hall–Kier alpha value is -1.60. The Balaban J connectivity index is 1.64. The van der Waals surface area contributed by atoms with Crippen molar-refractivity contribution in [1.29, 1.82) is 0 Å². The zero-order valence-electron chi connectivity index (χ0n) is 12.2. The maximum Gasteiger partial charge on any atom is 0.393 e. The second-order valence-electron chi connectivity index (χ2n) is 6.12. The highest BCUT2D eigenvalue weighted by Gasteiger charge is 2.42. The molecule has 22 heavy (non-hydrogen) atoms. The van der Waals surface area contributed by atoms with Crippen molar-refractivity contribution in [3.8, 4) is 0 Å². The summed E-state index contributed by atoms with van der Waals surface area (Å²) >= 11 is 0. The number of amides is 1. The van der Waals surface area contributed by atoms with Crippen molar-refractivity contribution in [2.24, 2.45) is 11.8 Å². The van der Waals surface area contributed by atoms with Crippen LogP contribution in [0.5, 0.6) is 0 Å². The van der Waals surface area contributed by atoms with E-state index in [0.717, 1.165) is 25.7 Å². The lowest BCUT2D eigenvalue weighted by atomic mass is 9.99. The van der Waals surface area contributed by atoms with Crippen LogP contribution in [0.4, 0.5) is 13.2 Å². The van der Waals surface area contributed by atoms with Crippen LogP contribution in [0.15, 0.2) is 0 Å². The van der Waals surface area contributed by atoms with Gasteiger partial charge in [0.15, 0.2) is 5.82 Å². The largest absolute Gasteiger partial charge is 0.393 e. The van der Waals surface area contributed by atoms with Gasteiger partial charge in [-0.25, -0.2) is 0 Å². The number of hydrogen-bond donors (Lipinski definition) is 1. The van der Waals surface area contributed by atoms with Gasteiger partial charge in [0.25, 0.3) is 0 Å². The number of halogens is 3. The normalized spacial score (nSPS) is 22.6. The van der Waals surface area contributed by atoms with E-state index in [-0.39, 0.29) is 37.8 Å². The Morgan fingerprint density at radius 3 is 2.64 bits per heavy atom. The van der Waals surface area contributed by atoms with E-state index in [0.29, 0.717) is 11.6 Å². The lowest BCUT2D eigenvalue weighted by Gasteiger charge is -2.26. The predicted molar refractivity (Wildman–Crippen MR) is 71.7 cm³/mol. The van der Waals surface area contributed by atoms with Gasteiger partial charge in [0.1, 0.15) is 5.82 Å². The Morgan fingerprint density at radius 2 is 1.95 bits per heavy atom. The second kappa shape index (κ2) is 5.89. The van der Waals surface area contributed by atoms with Crippen LogP contribution < -0.4 is 5.32 Å². The van der Waals surface area contributed by atoms with Gasteiger partial charge in [0.2, 0.25) is 5.91 Å². The van der Waals surface area contributed by atoms with E-state index >= 15 is 0 Å². The standard InChI is InChI=1S/C14H19F3N4O/c15-14(16,17)10-5-6-11-19-20-12(21(11)8-10)7-18-13(22)9-3-1-2-4-9/h9-10H,1-8H2,(H,18,22). The summed E-state index contributed by atoms with van der Waals surface area (Å²) in [6.07, 6.45) is 0.0212. The molecule has 3 rings (SSSR count). The van der Waals surface area contributed by atoms with Crippen molar-refractivity contribution in [2.75, 3.05) is 0 Å². The average Bonchev–Trinajstić information content (AvgIpc) is 3.13. The molecule has 1 N–H and O–H groups in total. The summed E-state index contributed by atoms with van der Waals surface area (Å²) in [4.78, 5) is 12.0. The number of nitrogens with zero attached hydrogens (tertiary/aromatic N) is 3. The molecule has 1 aliphatic carbocycles. The molecule has 0 bridgehead atoms. The van der Waals surface area contributed by atoms with Gasteiger partial charge in [-0.15, -0.1) is 10.2 Å². The van der Waals surface area contributed by atoms with Crippen LogP contribution in [0.3, 0.4) is 0 Å². The van der Waals surface area contributed by atoms with Crippen LogP contribution in [-0.4, -0.2) is 26.8 Å². The van der Waals surface area contributed by atoms with E-state index in [9.17, 15) is 18.0 Å². The van der Waals surface area contributed by atoms with Crippen molar-refractivity contribution in [3.63, 3.8) is 0 Å². The molecule has 1 aromatic heterocycles. The molecule has 1 amide bonds. The molecule has 1 atom stereocenters. The highest BCUT2D eigenvalue weighted by atomic mass is 19.4. The van der Waals surface area contributed by atoms with Crippen LogP contribution in [-0.2, 0) is 24.3 Å². The van der Waals surface area contributed by atoms with Crippen molar-refractivity contribution < 1.29 is 18.0 Å². The predicted octanol–water partition coefficient (Wildman–Crippen LogP) is 2.21. The molecule has 1 aromatic rings. The quantitative estimate of drug-likeness (QED) is 0.930. The van der Waals surface area contributed by atoms with E-state index < -0.39 is 12.1 Å². The number of hydrogen-bond acceptors (Lipinski definition) is 3. The van der Waals surface area contributed by atoms with E-state index in [1.54, 1.807) is 0 Å². The van der Waals surface area contributed by atoms with E-state index in [4.69, 9.17) is 0 Å². The molecule has 8 heteroatoms. The summed E-state index contributed by atoms with van der Waals surface area (Å²) < 4.78 is 40.1. The van der Waals surface area contributed by atoms with Gasteiger partial charge in [-0.05, 0) is 19.3 Å². The first-order valence-electron chi connectivity index (χ1n) is 7.70. The number of fused-ring (bicyclic) bond motifs is 1. The van der Waals surface area contributed by atoms with Gasteiger partial charge in [0, 0.05) is 18.9 Å². The Kier molecular flexibility index (Phi) is 4.10. The molecule has 1 saturated carbocycles. The molecule has 2 aliphatic rings. The van der Waals surface area contributed by atoms with E-state index in [1.165, 1.54) is 4.57 Å². The lowest BCUT2D eigenvalue weighted by molar-refractivity contribution is -0.182. The first-order valence-corrected chi connectivity index (χ1v) is 7.70. The van der Waals surface area contributed by atoms with Gasteiger partial charge >= 0.3 is 6.18 Å². The fourth-order valence-electron chi connectivity index (χ4n) is 3.28. The summed E-state index contributed by atoms with van der Waals surface area (Å²) in [6.45, 7) is -0.00657. The number of alkyl halides is 3. The third-order valence-corrected chi connectivity index (χ3v) is 4.63.